The minimum absolute atomic E-state index is 0.284. The lowest BCUT2D eigenvalue weighted by molar-refractivity contribution is -0.137. The summed E-state index contributed by atoms with van der Waals surface area (Å²) in [5.74, 6) is 1.50. The van der Waals surface area contributed by atoms with E-state index in [0.717, 1.165) is 64.0 Å². The molecule has 0 saturated carbocycles. The van der Waals surface area contributed by atoms with E-state index in [1.54, 1.807) is 6.07 Å². The van der Waals surface area contributed by atoms with Crippen LogP contribution in [-0.4, -0.2) is 47.3 Å². The largest absolute Gasteiger partial charge is 0.416 e. The molecule has 29 heavy (non-hydrogen) atoms. The molecule has 2 saturated heterocycles. The fourth-order valence-corrected chi connectivity index (χ4v) is 3.48. The maximum absolute atomic E-state index is 12.8. The zero-order valence-corrected chi connectivity index (χ0v) is 15.9. The second-order valence-corrected chi connectivity index (χ2v) is 7.14. The number of hydrogen-bond acceptors (Lipinski definition) is 7. The van der Waals surface area contributed by atoms with Gasteiger partial charge < -0.3 is 9.80 Å². The van der Waals surface area contributed by atoms with Crippen molar-refractivity contribution < 1.29 is 13.2 Å². The molecule has 4 rings (SSSR count). The molecule has 154 valence electrons. The average molecular weight is 405 g/mol. The highest BCUT2D eigenvalue weighted by Crippen LogP contribution is 2.29. The molecule has 1 aromatic carbocycles. The Hall–Kier alpha value is -2.91. The van der Waals surface area contributed by atoms with Gasteiger partial charge in [0, 0.05) is 26.2 Å². The van der Waals surface area contributed by atoms with E-state index in [2.05, 4.69) is 35.3 Å². The topological polar surface area (TPSA) is 69.5 Å². The van der Waals surface area contributed by atoms with Crippen LogP contribution in [0.1, 0.15) is 36.8 Å². The molecule has 2 fully saturated rings. The third-order valence-electron chi connectivity index (χ3n) is 4.98. The van der Waals surface area contributed by atoms with Gasteiger partial charge in [0.1, 0.15) is 0 Å². The van der Waals surface area contributed by atoms with Crippen molar-refractivity contribution >= 4 is 24.1 Å². The summed E-state index contributed by atoms with van der Waals surface area (Å²) < 4.78 is 38.5. The summed E-state index contributed by atoms with van der Waals surface area (Å²) in [6, 6.07) is 4.98. The van der Waals surface area contributed by atoms with Crippen LogP contribution in [0.4, 0.5) is 31.0 Å². The van der Waals surface area contributed by atoms with Crippen LogP contribution in [0.2, 0.25) is 0 Å². The van der Waals surface area contributed by atoms with Crippen molar-refractivity contribution in [2.45, 2.75) is 31.9 Å². The maximum atomic E-state index is 12.8. The van der Waals surface area contributed by atoms with Gasteiger partial charge in [-0.1, -0.05) is 12.1 Å². The van der Waals surface area contributed by atoms with Gasteiger partial charge in [-0.2, -0.15) is 33.2 Å². The number of alkyl halides is 3. The maximum Gasteiger partial charge on any atom is 0.416 e. The number of hydrazone groups is 1. The molecule has 0 aliphatic carbocycles. The summed E-state index contributed by atoms with van der Waals surface area (Å²) in [6.07, 6.45) is 1.33. The van der Waals surface area contributed by atoms with E-state index >= 15 is 0 Å². The molecule has 0 atom stereocenters. The van der Waals surface area contributed by atoms with Gasteiger partial charge >= 0.3 is 6.18 Å². The molecule has 0 spiro atoms. The molecular formula is C19H22F3N7. The summed E-state index contributed by atoms with van der Waals surface area (Å²) in [5.41, 5.74) is 2.37. The first-order chi connectivity index (χ1) is 14.0. The molecular weight excluding hydrogens is 383 g/mol. The molecule has 2 aliphatic heterocycles. The van der Waals surface area contributed by atoms with Crippen molar-refractivity contribution in [3.8, 4) is 0 Å². The number of halogens is 3. The highest BCUT2D eigenvalue weighted by Gasteiger charge is 2.30. The van der Waals surface area contributed by atoms with E-state index in [1.165, 1.54) is 12.3 Å². The van der Waals surface area contributed by atoms with E-state index in [0.29, 0.717) is 17.5 Å². The predicted molar refractivity (Wildman–Crippen MR) is 105 cm³/mol. The van der Waals surface area contributed by atoms with Crippen molar-refractivity contribution in [1.82, 2.24) is 15.0 Å². The number of rotatable bonds is 5. The first-order valence-corrected chi connectivity index (χ1v) is 9.71. The Morgan fingerprint density at radius 2 is 1.48 bits per heavy atom. The van der Waals surface area contributed by atoms with Crippen LogP contribution in [-0.2, 0) is 6.18 Å². The van der Waals surface area contributed by atoms with E-state index in [4.69, 9.17) is 0 Å². The van der Waals surface area contributed by atoms with Gasteiger partial charge in [-0.3, -0.25) is 0 Å². The second-order valence-electron chi connectivity index (χ2n) is 7.14. The Balaban J connectivity index is 1.53. The molecule has 0 bridgehead atoms. The number of anilines is 3. The molecule has 7 nitrogen and oxygen atoms in total. The SMILES string of the molecule is FC(F)(F)c1cccc(/C=N/Nc2nc(N3CCCC3)nc(N3CCCC3)n2)c1. The summed E-state index contributed by atoms with van der Waals surface area (Å²) in [4.78, 5) is 17.7. The lowest BCUT2D eigenvalue weighted by Gasteiger charge is -2.20. The smallest absolute Gasteiger partial charge is 0.341 e. The van der Waals surface area contributed by atoms with Crippen LogP contribution in [0.25, 0.3) is 0 Å². The van der Waals surface area contributed by atoms with Crippen LogP contribution >= 0.6 is 0 Å². The molecule has 2 aromatic rings. The monoisotopic (exact) mass is 405 g/mol. The van der Waals surface area contributed by atoms with Crippen LogP contribution in [0.3, 0.4) is 0 Å². The summed E-state index contributed by atoms with van der Waals surface area (Å²) >= 11 is 0. The lowest BCUT2D eigenvalue weighted by Crippen LogP contribution is -2.25. The Kier molecular flexibility index (Phi) is 5.50. The zero-order valence-electron chi connectivity index (χ0n) is 15.9. The number of benzene rings is 1. The third kappa shape index (κ3) is 4.75. The minimum atomic E-state index is -4.39. The zero-order chi connectivity index (χ0) is 20.3. The molecule has 3 heterocycles. The van der Waals surface area contributed by atoms with Crippen LogP contribution in [0.5, 0.6) is 0 Å². The van der Waals surface area contributed by atoms with Gasteiger partial charge in [-0.15, -0.1) is 0 Å². The van der Waals surface area contributed by atoms with E-state index in [-0.39, 0.29) is 5.95 Å². The predicted octanol–water partition coefficient (Wildman–Crippen LogP) is 3.54. The van der Waals surface area contributed by atoms with Gasteiger partial charge in [0.2, 0.25) is 17.8 Å². The van der Waals surface area contributed by atoms with Gasteiger partial charge in [-0.25, -0.2) is 5.43 Å². The molecule has 0 unspecified atom stereocenters. The standard InChI is InChI=1S/C19H22F3N7/c20-19(21,22)15-7-5-6-14(12-15)13-23-27-16-24-17(28-8-1-2-9-28)26-18(25-16)29-10-3-4-11-29/h5-7,12-13H,1-4,8-11H2,(H,24,25,26,27)/b23-13+. The fourth-order valence-electron chi connectivity index (χ4n) is 3.48. The van der Waals surface area contributed by atoms with Crippen LogP contribution in [0, 0.1) is 0 Å². The molecule has 2 aliphatic rings. The number of hydrogen-bond donors (Lipinski definition) is 1. The summed E-state index contributed by atoms with van der Waals surface area (Å²) in [6.45, 7) is 3.60. The highest BCUT2D eigenvalue weighted by atomic mass is 19.4. The minimum Gasteiger partial charge on any atom is -0.341 e. The Morgan fingerprint density at radius 1 is 0.897 bits per heavy atom. The third-order valence-corrected chi connectivity index (χ3v) is 4.98. The first kappa shape index (κ1) is 19.4. The summed E-state index contributed by atoms with van der Waals surface area (Å²) in [5, 5.41) is 4.04. The van der Waals surface area contributed by atoms with Gasteiger partial charge in [0.05, 0.1) is 11.8 Å². The van der Waals surface area contributed by atoms with E-state index in [1.807, 2.05) is 0 Å². The Morgan fingerprint density at radius 3 is 2.03 bits per heavy atom. The molecule has 0 radical (unpaired) electrons. The van der Waals surface area contributed by atoms with E-state index in [9.17, 15) is 13.2 Å². The van der Waals surface area contributed by atoms with Gasteiger partial charge in [0.15, 0.2) is 0 Å². The van der Waals surface area contributed by atoms with Crippen molar-refractivity contribution in [2.24, 2.45) is 5.10 Å². The number of nitrogens with zero attached hydrogens (tertiary/aromatic N) is 6. The van der Waals surface area contributed by atoms with Gasteiger partial charge in [0.25, 0.3) is 0 Å². The quantitative estimate of drug-likeness (QED) is 0.606. The Labute approximate surface area is 166 Å². The number of aromatic nitrogens is 3. The fraction of sp³-hybridized carbons (Fsp3) is 0.474. The van der Waals surface area contributed by atoms with Crippen molar-refractivity contribution in [3.05, 3.63) is 35.4 Å². The van der Waals surface area contributed by atoms with Crippen LogP contribution in [0.15, 0.2) is 29.4 Å². The summed E-state index contributed by atoms with van der Waals surface area (Å²) in [7, 11) is 0. The Bertz CT molecular complexity index is 838. The molecule has 10 heteroatoms. The average Bonchev–Trinajstić information content (AvgIpc) is 3.41. The highest BCUT2D eigenvalue weighted by molar-refractivity contribution is 5.80. The van der Waals surface area contributed by atoms with Crippen LogP contribution < -0.4 is 15.2 Å². The lowest BCUT2D eigenvalue weighted by atomic mass is 10.1. The number of nitrogens with one attached hydrogen (secondary N) is 1. The second kappa shape index (κ2) is 8.22. The first-order valence-electron chi connectivity index (χ1n) is 9.71. The van der Waals surface area contributed by atoms with Crippen molar-refractivity contribution in [1.29, 1.82) is 0 Å². The van der Waals surface area contributed by atoms with Crippen molar-refractivity contribution in [2.75, 3.05) is 41.4 Å². The molecule has 1 N–H and O–H groups in total. The normalized spacial score (nSPS) is 17.5. The molecule has 0 amide bonds. The van der Waals surface area contributed by atoms with Gasteiger partial charge in [-0.05, 0) is 43.4 Å². The van der Waals surface area contributed by atoms with Crippen molar-refractivity contribution in [3.63, 3.8) is 0 Å². The van der Waals surface area contributed by atoms with E-state index < -0.39 is 11.7 Å². The molecule has 1 aromatic heterocycles.